The molecule has 0 heterocycles. The number of halogens is 2. The molecule has 0 aliphatic heterocycles. The maximum absolute atomic E-state index is 13.9. The van der Waals surface area contributed by atoms with Crippen LogP contribution in [-0.4, -0.2) is 22.9 Å². The summed E-state index contributed by atoms with van der Waals surface area (Å²) in [5, 5.41) is 10.9. The molecule has 1 N–H and O–H groups in total. The number of Topliss-reactive ketones (excluding diaryl/α,β-unsaturated/α-hetero) is 1. The average molecular weight is 326 g/mol. The Morgan fingerprint density at radius 3 is 2.57 bits per heavy atom. The van der Waals surface area contributed by atoms with Gasteiger partial charge in [0.25, 0.3) is 0 Å². The van der Waals surface area contributed by atoms with Gasteiger partial charge in [-0.1, -0.05) is 13.8 Å². The normalized spacial score (nSPS) is 55.0. The Labute approximate surface area is 137 Å². The number of carbonyl (C=O) groups excluding carboxylic acids is 1. The zero-order valence-corrected chi connectivity index (χ0v) is 14.2. The van der Waals surface area contributed by atoms with E-state index in [9.17, 15) is 18.7 Å². The van der Waals surface area contributed by atoms with Gasteiger partial charge in [0.1, 0.15) is 5.78 Å². The zero-order valence-electron chi connectivity index (χ0n) is 14.2. The van der Waals surface area contributed by atoms with Crippen molar-refractivity contribution in [2.75, 3.05) is 0 Å². The molecule has 0 unspecified atom stereocenters. The summed E-state index contributed by atoms with van der Waals surface area (Å²) in [6.45, 7) is 4.18. The van der Waals surface area contributed by atoms with Gasteiger partial charge in [-0.2, -0.15) is 0 Å². The summed E-state index contributed by atoms with van der Waals surface area (Å²) in [7, 11) is 0. The van der Waals surface area contributed by atoms with Crippen LogP contribution < -0.4 is 0 Å². The first kappa shape index (κ1) is 16.0. The summed E-state index contributed by atoms with van der Waals surface area (Å²) in [6.07, 6.45) is 3.79. The molecule has 0 bridgehead atoms. The third-order valence-electron chi connectivity index (χ3n) is 8.28. The number of hydrogen-bond acceptors (Lipinski definition) is 2. The predicted octanol–water partition coefficient (Wildman–Crippen LogP) is 4.20. The minimum Gasteiger partial charge on any atom is -0.393 e. The van der Waals surface area contributed by atoms with Crippen molar-refractivity contribution in [2.24, 2.45) is 34.5 Å². The predicted molar refractivity (Wildman–Crippen MR) is 83.1 cm³/mol. The molecule has 0 saturated heterocycles. The molecular weight excluding hydrogens is 298 g/mol. The Bertz CT molecular complexity index is 533. The highest BCUT2D eigenvalue weighted by molar-refractivity contribution is 5.87. The van der Waals surface area contributed by atoms with Crippen LogP contribution in [0.25, 0.3) is 0 Å². The van der Waals surface area contributed by atoms with Crippen LogP contribution in [0.15, 0.2) is 0 Å². The molecule has 0 radical (unpaired) electrons. The third kappa shape index (κ3) is 2.09. The van der Waals surface area contributed by atoms with Crippen LogP contribution in [0.3, 0.4) is 0 Å². The summed E-state index contributed by atoms with van der Waals surface area (Å²) < 4.78 is 27.8. The van der Waals surface area contributed by atoms with E-state index in [0.717, 1.165) is 19.3 Å². The first-order chi connectivity index (χ1) is 10.7. The van der Waals surface area contributed by atoms with Crippen molar-refractivity contribution in [3.05, 3.63) is 0 Å². The second kappa shape index (κ2) is 4.77. The lowest BCUT2D eigenvalue weighted by molar-refractivity contribution is -0.194. The molecule has 7 atom stereocenters. The van der Waals surface area contributed by atoms with Crippen LogP contribution in [0.2, 0.25) is 0 Å². The minimum atomic E-state index is -2.53. The number of hydrogen-bond donors (Lipinski definition) is 1. The lowest BCUT2D eigenvalue weighted by Gasteiger charge is -2.61. The molecule has 130 valence electrons. The Morgan fingerprint density at radius 2 is 1.83 bits per heavy atom. The van der Waals surface area contributed by atoms with Crippen molar-refractivity contribution in [2.45, 2.75) is 77.2 Å². The first-order valence-corrected chi connectivity index (χ1v) is 9.27. The molecule has 4 heteroatoms. The number of aliphatic hydroxyl groups excluding tert-OH is 1. The van der Waals surface area contributed by atoms with Crippen molar-refractivity contribution < 1.29 is 18.7 Å². The van der Waals surface area contributed by atoms with Crippen LogP contribution in [0, 0.1) is 34.5 Å². The second-order valence-corrected chi connectivity index (χ2v) is 9.29. The van der Waals surface area contributed by atoms with Crippen molar-refractivity contribution in [3.8, 4) is 0 Å². The molecule has 4 aliphatic rings. The maximum Gasteiger partial charge on any atom is 0.248 e. The number of ketones is 1. The molecule has 4 rings (SSSR count). The molecule has 0 spiro atoms. The van der Waals surface area contributed by atoms with Gasteiger partial charge in [-0.15, -0.1) is 0 Å². The van der Waals surface area contributed by atoms with Crippen LogP contribution in [0.4, 0.5) is 8.78 Å². The maximum atomic E-state index is 13.9. The van der Waals surface area contributed by atoms with Gasteiger partial charge in [0.2, 0.25) is 5.92 Å². The van der Waals surface area contributed by atoms with Crippen molar-refractivity contribution in [3.63, 3.8) is 0 Å². The van der Waals surface area contributed by atoms with Crippen LogP contribution >= 0.6 is 0 Å². The van der Waals surface area contributed by atoms with E-state index in [1.807, 2.05) is 6.92 Å². The molecule has 4 fully saturated rings. The fourth-order valence-electron chi connectivity index (χ4n) is 7.07. The SMILES string of the molecule is C[C@]12CCC(F)(F)C[C@@H]1CC[C@@H]1[C@@H]2[C@H](O)C[C@]2(C)C(=O)CC[C@@H]12. The summed E-state index contributed by atoms with van der Waals surface area (Å²) >= 11 is 0. The van der Waals surface area contributed by atoms with Crippen molar-refractivity contribution in [1.29, 1.82) is 0 Å². The molecule has 0 aromatic heterocycles. The quantitative estimate of drug-likeness (QED) is 0.724. The fourth-order valence-corrected chi connectivity index (χ4v) is 7.07. The summed E-state index contributed by atoms with van der Waals surface area (Å²) in [5.41, 5.74) is -0.556. The number of carbonyl (C=O) groups is 1. The standard InChI is InChI=1S/C19H28F2O2/c1-17-7-8-19(20,21)9-11(17)3-4-12-13-5-6-15(23)18(13,2)10-14(22)16(12)17/h11-14,16,22H,3-10H2,1-2H3/t11-,12-,13-,14+,16+,17-,18-/m0/s1. The van der Waals surface area contributed by atoms with Gasteiger partial charge in [-0.3, -0.25) is 4.79 Å². The van der Waals surface area contributed by atoms with Gasteiger partial charge >= 0.3 is 0 Å². The van der Waals surface area contributed by atoms with E-state index < -0.39 is 12.0 Å². The van der Waals surface area contributed by atoms with E-state index in [1.54, 1.807) is 0 Å². The summed E-state index contributed by atoms with van der Waals surface area (Å²) in [5.74, 6) is -1.42. The highest BCUT2D eigenvalue weighted by Gasteiger charge is 2.64. The second-order valence-electron chi connectivity index (χ2n) is 9.29. The molecule has 0 amide bonds. The smallest absolute Gasteiger partial charge is 0.248 e. The van der Waals surface area contributed by atoms with Gasteiger partial charge < -0.3 is 5.11 Å². The van der Waals surface area contributed by atoms with Crippen molar-refractivity contribution >= 4 is 5.78 Å². The molecule has 0 aromatic rings. The lowest BCUT2D eigenvalue weighted by atomic mass is 9.44. The summed E-state index contributed by atoms with van der Waals surface area (Å²) in [6, 6.07) is 0. The van der Waals surface area contributed by atoms with Crippen LogP contribution in [-0.2, 0) is 4.79 Å². The van der Waals surface area contributed by atoms with Gasteiger partial charge in [0.15, 0.2) is 0 Å². The number of alkyl halides is 2. The fraction of sp³-hybridized carbons (Fsp3) is 0.947. The van der Waals surface area contributed by atoms with Gasteiger partial charge in [-0.25, -0.2) is 8.78 Å². The molecule has 23 heavy (non-hydrogen) atoms. The van der Waals surface area contributed by atoms with E-state index in [0.29, 0.717) is 36.9 Å². The average Bonchev–Trinajstić information content (AvgIpc) is 2.75. The van der Waals surface area contributed by atoms with Crippen LogP contribution in [0.1, 0.15) is 65.2 Å². The van der Waals surface area contributed by atoms with Crippen molar-refractivity contribution in [1.82, 2.24) is 0 Å². The number of rotatable bonds is 0. The lowest BCUT2D eigenvalue weighted by Crippen LogP contribution is -2.59. The first-order valence-electron chi connectivity index (χ1n) is 9.27. The molecule has 2 nitrogen and oxygen atoms in total. The molecule has 4 aliphatic carbocycles. The summed E-state index contributed by atoms with van der Waals surface area (Å²) in [4.78, 5) is 12.4. The largest absolute Gasteiger partial charge is 0.393 e. The third-order valence-corrected chi connectivity index (χ3v) is 8.28. The van der Waals surface area contributed by atoms with E-state index in [4.69, 9.17) is 0 Å². The minimum absolute atomic E-state index is 0.0136. The molecule has 4 saturated carbocycles. The number of fused-ring (bicyclic) bond motifs is 5. The van der Waals surface area contributed by atoms with E-state index in [2.05, 4.69) is 6.92 Å². The molecule has 0 aromatic carbocycles. The molecular formula is C19H28F2O2. The topological polar surface area (TPSA) is 37.3 Å². The van der Waals surface area contributed by atoms with Gasteiger partial charge in [0, 0.05) is 24.7 Å². The Hall–Kier alpha value is -0.510. The van der Waals surface area contributed by atoms with E-state index in [-0.39, 0.29) is 35.5 Å². The Morgan fingerprint density at radius 1 is 1.09 bits per heavy atom. The highest BCUT2D eigenvalue weighted by Crippen LogP contribution is 2.66. The van der Waals surface area contributed by atoms with Crippen LogP contribution in [0.5, 0.6) is 0 Å². The Kier molecular flexibility index (Phi) is 3.32. The Balaban J connectivity index is 1.68. The monoisotopic (exact) mass is 326 g/mol. The van der Waals surface area contributed by atoms with E-state index in [1.165, 1.54) is 0 Å². The van der Waals surface area contributed by atoms with Gasteiger partial charge in [0.05, 0.1) is 6.10 Å². The number of aliphatic hydroxyl groups is 1. The van der Waals surface area contributed by atoms with Gasteiger partial charge in [-0.05, 0) is 61.2 Å². The zero-order chi connectivity index (χ0) is 16.6. The van der Waals surface area contributed by atoms with E-state index >= 15 is 0 Å². The highest BCUT2D eigenvalue weighted by atomic mass is 19.3.